The van der Waals surface area contributed by atoms with Crippen LogP contribution in [0.15, 0.2) is 18.2 Å². The maximum absolute atomic E-state index is 9.92. The number of aromatic hydroxyl groups is 1. The molecule has 0 unspecified atom stereocenters. The number of hydrogen-bond acceptors (Lipinski definition) is 2. The predicted molar refractivity (Wildman–Crippen MR) is 71.3 cm³/mol. The fourth-order valence-corrected chi connectivity index (χ4v) is 2.25. The fourth-order valence-electron chi connectivity index (χ4n) is 2.25. The average Bonchev–Trinajstić information content (AvgIpc) is 2.15. The molecular formula is C15H24O2. The molecule has 0 heterocycles. The smallest absolute Gasteiger partial charge is 0.119 e. The molecule has 0 saturated heterocycles. The molecule has 2 N–H and O–H groups in total. The summed E-state index contributed by atoms with van der Waals surface area (Å²) in [6.45, 7) is 8.23. The van der Waals surface area contributed by atoms with Crippen LogP contribution in [0.4, 0.5) is 0 Å². The Morgan fingerprint density at radius 2 is 1.76 bits per heavy atom. The van der Waals surface area contributed by atoms with Crippen molar-refractivity contribution < 1.29 is 10.2 Å². The van der Waals surface area contributed by atoms with Gasteiger partial charge in [-0.3, -0.25) is 0 Å². The first-order valence-corrected chi connectivity index (χ1v) is 6.37. The van der Waals surface area contributed by atoms with E-state index < -0.39 is 0 Å². The Kier molecular flexibility index (Phi) is 5.01. The number of phenolic OH excluding ortho intramolecular Hbond substituents is 1. The van der Waals surface area contributed by atoms with Gasteiger partial charge in [0.25, 0.3) is 0 Å². The van der Waals surface area contributed by atoms with Crippen molar-refractivity contribution in [2.75, 3.05) is 0 Å². The van der Waals surface area contributed by atoms with Crippen molar-refractivity contribution in [2.24, 2.45) is 5.92 Å². The molecule has 96 valence electrons. The van der Waals surface area contributed by atoms with Gasteiger partial charge in [-0.25, -0.2) is 0 Å². The average molecular weight is 236 g/mol. The van der Waals surface area contributed by atoms with E-state index in [2.05, 4.69) is 13.8 Å². The lowest BCUT2D eigenvalue weighted by Crippen LogP contribution is -2.13. The zero-order valence-electron chi connectivity index (χ0n) is 11.3. The van der Waals surface area contributed by atoms with Gasteiger partial charge >= 0.3 is 0 Å². The minimum Gasteiger partial charge on any atom is -0.508 e. The summed E-state index contributed by atoms with van der Waals surface area (Å²) < 4.78 is 0. The van der Waals surface area contributed by atoms with Crippen LogP contribution in [0.5, 0.6) is 5.75 Å². The minimum absolute atomic E-state index is 0.185. The highest BCUT2D eigenvalue weighted by atomic mass is 16.3. The Labute approximate surface area is 104 Å². The Morgan fingerprint density at radius 3 is 2.29 bits per heavy atom. The summed E-state index contributed by atoms with van der Waals surface area (Å²) in [7, 11) is 0. The van der Waals surface area contributed by atoms with Crippen molar-refractivity contribution >= 4 is 0 Å². The molecular weight excluding hydrogens is 212 g/mol. The number of benzene rings is 1. The Hall–Kier alpha value is -1.02. The molecule has 0 radical (unpaired) electrons. The second kappa shape index (κ2) is 6.06. The highest BCUT2D eigenvalue weighted by molar-refractivity contribution is 5.38. The van der Waals surface area contributed by atoms with Gasteiger partial charge in [0.15, 0.2) is 0 Å². The van der Waals surface area contributed by atoms with Gasteiger partial charge in [0.1, 0.15) is 5.75 Å². The van der Waals surface area contributed by atoms with Crippen molar-refractivity contribution in [2.45, 2.75) is 52.6 Å². The maximum atomic E-state index is 9.92. The van der Waals surface area contributed by atoms with Crippen LogP contribution in [0.1, 0.15) is 50.7 Å². The number of rotatable bonds is 5. The molecule has 0 aliphatic heterocycles. The summed E-state index contributed by atoms with van der Waals surface area (Å²) in [4.78, 5) is 0. The van der Waals surface area contributed by atoms with Crippen LogP contribution >= 0.6 is 0 Å². The summed E-state index contributed by atoms with van der Waals surface area (Å²) in [5.74, 6) is 1.03. The third kappa shape index (κ3) is 4.39. The highest BCUT2D eigenvalue weighted by Crippen LogP contribution is 2.30. The molecule has 1 aromatic rings. The van der Waals surface area contributed by atoms with E-state index in [0.29, 0.717) is 18.1 Å². The molecule has 0 amide bonds. The van der Waals surface area contributed by atoms with E-state index in [-0.39, 0.29) is 12.0 Å². The Balaban J connectivity index is 2.66. The molecule has 2 heteroatoms. The number of aliphatic hydroxyl groups excluding tert-OH is 1. The fraction of sp³-hybridized carbons (Fsp3) is 0.600. The number of phenols is 1. The highest BCUT2D eigenvalue weighted by Gasteiger charge is 2.16. The first-order chi connectivity index (χ1) is 7.90. The van der Waals surface area contributed by atoms with Crippen molar-refractivity contribution in [1.29, 1.82) is 0 Å². The molecule has 2 nitrogen and oxygen atoms in total. The first kappa shape index (κ1) is 14.0. The van der Waals surface area contributed by atoms with E-state index in [9.17, 15) is 10.2 Å². The molecule has 0 saturated carbocycles. The van der Waals surface area contributed by atoms with Gasteiger partial charge in [-0.15, -0.1) is 0 Å². The lowest BCUT2D eigenvalue weighted by molar-refractivity contribution is 0.132. The Bertz CT molecular complexity index is 358. The van der Waals surface area contributed by atoms with Crippen LogP contribution in [0.25, 0.3) is 0 Å². The lowest BCUT2D eigenvalue weighted by atomic mass is 9.91. The van der Waals surface area contributed by atoms with Crippen LogP contribution < -0.4 is 0 Å². The second-order valence-corrected chi connectivity index (χ2v) is 5.48. The monoisotopic (exact) mass is 236 g/mol. The zero-order chi connectivity index (χ0) is 13.0. The van der Waals surface area contributed by atoms with Crippen LogP contribution in [-0.2, 0) is 0 Å². The molecule has 0 bridgehead atoms. The van der Waals surface area contributed by atoms with Crippen molar-refractivity contribution in [3.63, 3.8) is 0 Å². The van der Waals surface area contributed by atoms with Gasteiger partial charge in [0.2, 0.25) is 0 Å². The largest absolute Gasteiger partial charge is 0.508 e. The second-order valence-electron chi connectivity index (χ2n) is 5.48. The van der Waals surface area contributed by atoms with Gasteiger partial charge in [-0.2, -0.15) is 0 Å². The van der Waals surface area contributed by atoms with Gasteiger partial charge in [0, 0.05) is 0 Å². The molecule has 0 spiro atoms. The summed E-state index contributed by atoms with van der Waals surface area (Å²) in [5, 5.41) is 19.8. The van der Waals surface area contributed by atoms with Gasteiger partial charge in [-0.05, 0) is 48.8 Å². The van der Waals surface area contributed by atoms with Crippen molar-refractivity contribution in [3.8, 4) is 5.75 Å². The standard InChI is InChI=1S/C15H24O2/c1-10(2)7-13(16)9-12(4)14-6-5-11(3)8-15(14)17/h5-6,8,10,12-13,16-17H,7,9H2,1-4H3/t12-,13-/m0/s1. The molecule has 1 rings (SSSR count). The summed E-state index contributed by atoms with van der Waals surface area (Å²) in [6.07, 6.45) is 1.23. The van der Waals surface area contributed by atoms with E-state index >= 15 is 0 Å². The molecule has 0 fully saturated rings. The first-order valence-electron chi connectivity index (χ1n) is 6.37. The van der Waals surface area contributed by atoms with E-state index in [4.69, 9.17) is 0 Å². The molecule has 0 aliphatic carbocycles. The van der Waals surface area contributed by atoms with Crippen LogP contribution in [0.3, 0.4) is 0 Å². The molecule has 2 atom stereocenters. The van der Waals surface area contributed by atoms with E-state index in [1.165, 1.54) is 0 Å². The van der Waals surface area contributed by atoms with Crippen molar-refractivity contribution in [1.82, 2.24) is 0 Å². The van der Waals surface area contributed by atoms with Gasteiger partial charge < -0.3 is 10.2 Å². The van der Waals surface area contributed by atoms with Gasteiger partial charge in [-0.1, -0.05) is 32.9 Å². The number of aryl methyl sites for hydroxylation is 1. The van der Waals surface area contributed by atoms with Crippen LogP contribution in [0, 0.1) is 12.8 Å². The zero-order valence-corrected chi connectivity index (χ0v) is 11.3. The predicted octanol–water partition coefficient (Wildman–Crippen LogP) is 3.60. The summed E-state index contributed by atoms with van der Waals surface area (Å²) in [6, 6.07) is 5.73. The molecule has 0 aliphatic rings. The SMILES string of the molecule is Cc1ccc([C@@H](C)C[C@@H](O)CC(C)C)c(O)c1. The third-order valence-corrected chi connectivity index (χ3v) is 3.09. The normalized spacial score (nSPS) is 14.9. The third-order valence-electron chi connectivity index (χ3n) is 3.09. The number of aliphatic hydroxyl groups is 1. The molecule has 17 heavy (non-hydrogen) atoms. The topological polar surface area (TPSA) is 40.5 Å². The van der Waals surface area contributed by atoms with Crippen molar-refractivity contribution in [3.05, 3.63) is 29.3 Å². The summed E-state index contributed by atoms with van der Waals surface area (Å²) in [5.41, 5.74) is 1.99. The van der Waals surface area contributed by atoms with Crippen LogP contribution in [0.2, 0.25) is 0 Å². The minimum atomic E-state index is -0.286. The van der Waals surface area contributed by atoms with E-state index in [0.717, 1.165) is 17.5 Å². The Morgan fingerprint density at radius 1 is 1.12 bits per heavy atom. The van der Waals surface area contributed by atoms with E-state index in [1.807, 2.05) is 26.0 Å². The molecule has 0 aromatic heterocycles. The van der Waals surface area contributed by atoms with E-state index in [1.54, 1.807) is 6.07 Å². The van der Waals surface area contributed by atoms with Gasteiger partial charge in [0.05, 0.1) is 6.10 Å². The lowest BCUT2D eigenvalue weighted by Gasteiger charge is -2.19. The van der Waals surface area contributed by atoms with Crippen LogP contribution in [-0.4, -0.2) is 16.3 Å². The summed E-state index contributed by atoms with van der Waals surface area (Å²) >= 11 is 0. The maximum Gasteiger partial charge on any atom is 0.119 e. The number of hydrogen-bond donors (Lipinski definition) is 2. The molecule has 1 aromatic carbocycles. The quantitative estimate of drug-likeness (QED) is 0.820.